The van der Waals surface area contributed by atoms with Gasteiger partial charge in [-0.3, -0.25) is 13.9 Å². The molecule has 6 nitrogen and oxygen atoms in total. The average Bonchev–Trinajstić information content (AvgIpc) is 3.24. The molecule has 1 aromatic heterocycles. The van der Waals surface area contributed by atoms with Crippen LogP contribution in [0.1, 0.15) is 19.8 Å². The third kappa shape index (κ3) is 2.28. The fourth-order valence-electron chi connectivity index (χ4n) is 2.93. The summed E-state index contributed by atoms with van der Waals surface area (Å²) in [7, 11) is 3.22. The minimum atomic E-state index is -0.283. The number of hydrogen-bond donors (Lipinski definition) is 0. The molecule has 0 bridgehead atoms. The number of rotatable bonds is 2. The van der Waals surface area contributed by atoms with Crippen LogP contribution in [0.25, 0.3) is 0 Å². The van der Waals surface area contributed by atoms with Crippen LogP contribution in [0.2, 0.25) is 0 Å². The molecule has 0 N–H and O–H groups in total. The van der Waals surface area contributed by atoms with Gasteiger partial charge in [0.2, 0.25) is 0 Å². The van der Waals surface area contributed by atoms with Gasteiger partial charge in [-0.05, 0) is 25.7 Å². The van der Waals surface area contributed by atoms with E-state index >= 15 is 0 Å². The minimum Gasteiger partial charge on any atom is -0.371 e. The number of aromatic nitrogens is 2. The van der Waals surface area contributed by atoms with E-state index in [9.17, 15) is 9.59 Å². The highest BCUT2D eigenvalue weighted by molar-refractivity contribution is 5.39. The van der Waals surface area contributed by atoms with Gasteiger partial charge in [0.05, 0.1) is 12.2 Å². The molecule has 1 aliphatic carbocycles. The van der Waals surface area contributed by atoms with Gasteiger partial charge >= 0.3 is 5.69 Å². The highest BCUT2D eigenvalue weighted by atomic mass is 16.5. The van der Waals surface area contributed by atoms with Gasteiger partial charge in [-0.1, -0.05) is 0 Å². The first kappa shape index (κ1) is 13.4. The summed E-state index contributed by atoms with van der Waals surface area (Å²) >= 11 is 0. The molecule has 0 unspecified atom stereocenters. The molecule has 110 valence electrons. The number of morpholine rings is 1. The molecule has 1 saturated heterocycles. The first-order valence-electron chi connectivity index (χ1n) is 7.15. The fourth-order valence-corrected chi connectivity index (χ4v) is 2.93. The number of anilines is 1. The summed E-state index contributed by atoms with van der Waals surface area (Å²) < 4.78 is 8.65. The van der Waals surface area contributed by atoms with Crippen LogP contribution in [-0.2, 0) is 18.8 Å². The van der Waals surface area contributed by atoms with Crippen LogP contribution in [0.15, 0.2) is 15.7 Å². The Morgan fingerprint density at radius 2 is 1.85 bits per heavy atom. The lowest BCUT2D eigenvalue weighted by Gasteiger charge is -2.38. The van der Waals surface area contributed by atoms with E-state index in [2.05, 4.69) is 4.90 Å². The second-order valence-corrected chi connectivity index (χ2v) is 5.97. The van der Waals surface area contributed by atoms with Gasteiger partial charge in [0, 0.05) is 33.3 Å². The van der Waals surface area contributed by atoms with Crippen LogP contribution < -0.4 is 16.1 Å². The molecule has 1 saturated carbocycles. The molecule has 2 aliphatic rings. The molecule has 2 fully saturated rings. The molecule has 1 aromatic rings. The van der Waals surface area contributed by atoms with Crippen molar-refractivity contribution < 1.29 is 4.74 Å². The Hall–Kier alpha value is -1.56. The summed E-state index contributed by atoms with van der Waals surface area (Å²) in [5.74, 6) is 1.34. The van der Waals surface area contributed by atoms with E-state index in [-0.39, 0.29) is 23.5 Å². The van der Waals surface area contributed by atoms with Crippen molar-refractivity contribution in [2.75, 3.05) is 18.0 Å². The quantitative estimate of drug-likeness (QED) is 0.770. The Morgan fingerprint density at radius 3 is 2.50 bits per heavy atom. The van der Waals surface area contributed by atoms with Crippen LogP contribution in [0.5, 0.6) is 0 Å². The summed E-state index contributed by atoms with van der Waals surface area (Å²) in [4.78, 5) is 26.0. The van der Waals surface area contributed by atoms with E-state index in [1.165, 1.54) is 19.9 Å². The lowest BCUT2D eigenvalue weighted by Crippen LogP contribution is -2.50. The topological polar surface area (TPSA) is 56.5 Å². The Labute approximate surface area is 117 Å². The van der Waals surface area contributed by atoms with Crippen LogP contribution in [0.3, 0.4) is 0 Å². The standard InChI is InChI=1S/C14H21N3O3/c1-9-7-17(8-11(20-9)10-4-5-10)12-6-13(18)16(3)14(19)15(12)2/h6,9-11H,4-5,7-8H2,1-3H3/t9-,11-/m1/s1. The number of hydrogen-bond acceptors (Lipinski definition) is 4. The third-order valence-corrected chi connectivity index (χ3v) is 4.26. The molecule has 2 heterocycles. The first-order valence-corrected chi connectivity index (χ1v) is 7.15. The highest BCUT2D eigenvalue weighted by Gasteiger charge is 2.37. The van der Waals surface area contributed by atoms with Crippen molar-refractivity contribution in [2.45, 2.75) is 32.0 Å². The van der Waals surface area contributed by atoms with Crippen LogP contribution in [0.4, 0.5) is 5.82 Å². The fraction of sp³-hybridized carbons (Fsp3) is 0.714. The maximum Gasteiger partial charge on any atom is 0.332 e. The van der Waals surface area contributed by atoms with Crippen molar-refractivity contribution in [3.05, 3.63) is 26.9 Å². The SMILES string of the molecule is C[C@@H]1CN(c2cc(=O)n(C)c(=O)n2C)C[C@H](C2CC2)O1. The summed E-state index contributed by atoms with van der Waals surface area (Å²) in [6, 6.07) is 1.55. The molecular weight excluding hydrogens is 258 g/mol. The zero-order valence-electron chi connectivity index (χ0n) is 12.2. The molecule has 3 rings (SSSR count). The Kier molecular flexibility index (Phi) is 3.20. The Balaban J connectivity index is 1.95. The molecule has 1 aliphatic heterocycles. The second kappa shape index (κ2) is 4.77. The van der Waals surface area contributed by atoms with Gasteiger partial charge < -0.3 is 9.64 Å². The average molecular weight is 279 g/mol. The number of nitrogens with zero attached hydrogens (tertiary/aromatic N) is 3. The maximum absolute atomic E-state index is 12.0. The molecule has 0 aromatic carbocycles. The van der Waals surface area contributed by atoms with Crippen molar-refractivity contribution in [3.8, 4) is 0 Å². The van der Waals surface area contributed by atoms with E-state index in [1.54, 1.807) is 17.7 Å². The summed E-state index contributed by atoms with van der Waals surface area (Å²) in [5, 5.41) is 0. The van der Waals surface area contributed by atoms with Gasteiger partial charge in [0.15, 0.2) is 0 Å². The van der Waals surface area contributed by atoms with Gasteiger partial charge in [-0.25, -0.2) is 4.79 Å². The zero-order chi connectivity index (χ0) is 14.4. The minimum absolute atomic E-state index is 0.119. The van der Waals surface area contributed by atoms with Crippen LogP contribution in [-0.4, -0.2) is 34.4 Å². The van der Waals surface area contributed by atoms with Crippen LogP contribution >= 0.6 is 0 Å². The van der Waals surface area contributed by atoms with E-state index in [0.29, 0.717) is 18.3 Å². The largest absolute Gasteiger partial charge is 0.371 e. The third-order valence-electron chi connectivity index (χ3n) is 4.26. The molecule has 0 amide bonds. The second-order valence-electron chi connectivity index (χ2n) is 5.97. The highest BCUT2D eigenvalue weighted by Crippen LogP contribution is 2.37. The number of ether oxygens (including phenoxy) is 1. The van der Waals surface area contributed by atoms with Gasteiger partial charge in [0.25, 0.3) is 5.56 Å². The van der Waals surface area contributed by atoms with Crippen molar-refractivity contribution in [2.24, 2.45) is 20.0 Å². The summed E-state index contributed by atoms with van der Waals surface area (Å²) in [6.45, 7) is 3.51. The predicted molar refractivity (Wildman–Crippen MR) is 76.2 cm³/mol. The first-order chi connectivity index (χ1) is 9.47. The van der Waals surface area contributed by atoms with Gasteiger partial charge in [-0.2, -0.15) is 0 Å². The van der Waals surface area contributed by atoms with E-state index in [1.807, 2.05) is 6.92 Å². The lowest BCUT2D eigenvalue weighted by molar-refractivity contribution is -0.0275. The van der Waals surface area contributed by atoms with Crippen molar-refractivity contribution in [1.82, 2.24) is 9.13 Å². The van der Waals surface area contributed by atoms with Crippen molar-refractivity contribution >= 4 is 5.82 Å². The Bertz CT molecular complexity index is 630. The molecule has 0 spiro atoms. The molecule has 0 radical (unpaired) electrons. The van der Waals surface area contributed by atoms with Crippen molar-refractivity contribution in [1.29, 1.82) is 0 Å². The Morgan fingerprint density at radius 1 is 1.15 bits per heavy atom. The predicted octanol–water partition coefficient (Wildman–Crippen LogP) is 0.0877. The lowest BCUT2D eigenvalue weighted by atomic mass is 10.1. The summed E-state index contributed by atoms with van der Waals surface area (Å²) in [5.41, 5.74) is -0.542. The van der Waals surface area contributed by atoms with Gasteiger partial charge in [0.1, 0.15) is 5.82 Å². The molecule has 20 heavy (non-hydrogen) atoms. The van der Waals surface area contributed by atoms with E-state index in [0.717, 1.165) is 11.1 Å². The molecular formula is C14H21N3O3. The smallest absolute Gasteiger partial charge is 0.332 e. The maximum atomic E-state index is 12.0. The molecule has 2 atom stereocenters. The summed E-state index contributed by atoms with van der Waals surface area (Å²) in [6.07, 6.45) is 2.79. The van der Waals surface area contributed by atoms with E-state index < -0.39 is 0 Å². The normalized spacial score (nSPS) is 26.9. The van der Waals surface area contributed by atoms with Crippen molar-refractivity contribution in [3.63, 3.8) is 0 Å². The van der Waals surface area contributed by atoms with E-state index in [4.69, 9.17) is 4.74 Å². The monoisotopic (exact) mass is 279 g/mol. The molecule has 6 heteroatoms. The zero-order valence-corrected chi connectivity index (χ0v) is 12.2. The van der Waals surface area contributed by atoms with Gasteiger partial charge in [-0.15, -0.1) is 0 Å². The van der Waals surface area contributed by atoms with Crippen LogP contribution in [0, 0.1) is 5.92 Å².